The van der Waals surface area contributed by atoms with Crippen molar-refractivity contribution < 1.29 is 4.79 Å². The van der Waals surface area contributed by atoms with Crippen molar-refractivity contribution in [2.75, 3.05) is 17.2 Å². The van der Waals surface area contributed by atoms with Crippen LogP contribution in [0.3, 0.4) is 0 Å². The summed E-state index contributed by atoms with van der Waals surface area (Å²) >= 11 is 5.41. The summed E-state index contributed by atoms with van der Waals surface area (Å²) < 4.78 is 2.10. The highest BCUT2D eigenvalue weighted by atomic mass is 32.2. The molecule has 0 fully saturated rings. The van der Waals surface area contributed by atoms with E-state index < -0.39 is 0 Å². The normalized spacial score (nSPS) is 15.2. The lowest BCUT2D eigenvalue weighted by molar-refractivity contribution is 0.0989. The highest BCUT2D eigenvalue weighted by molar-refractivity contribution is 7.98. The van der Waals surface area contributed by atoms with Crippen LogP contribution >= 0.6 is 34.4 Å². The number of carbonyl (C=O) groups excluding carboxylic acids is 1. The van der Waals surface area contributed by atoms with Gasteiger partial charge in [0.15, 0.2) is 0 Å². The number of hydrogen-bond acceptors (Lipinski definition) is 5. The topological polar surface area (TPSA) is 38.1 Å². The lowest BCUT2D eigenvalue weighted by Crippen LogP contribution is -2.30. The molecule has 5 heterocycles. The number of hydrogen-bond donors (Lipinski definition) is 0. The van der Waals surface area contributed by atoms with Crippen LogP contribution in [-0.4, -0.2) is 27.8 Å². The van der Waals surface area contributed by atoms with Gasteiger partial charge in [-0.2, -0.15) is 11.8 Å². The molecule has 3 aromatic heterocycles. The number of aromatic nitrogens is 2. The van der Waals surface area contributed by atoms with Crippen LogP contribution in [-0.2, 0) is 18.6 Å². The summed E-state index contributed by atoms with van der Waals surface area (Å²) in [6, 6.07) is 10.5. The summed E-state index contributed by atoms with van der Waals surface area (Å²) in [5.74, 6) is 2.24. The zero-order valence-electron chi connectivity index (χ0n) is 17.1. The Balaban J connectivity index is 1.40. The van der Waals surface area contributed by atoms with Gasteiger partial charge in [0.25, 0.3) is 5.91 Å². The van der Waals surface area contributed by atoms with Gasteiger partial charge >= 0.3 is 0 Å². The molecule has 0 bridgehead atoms. The SMILES string of the molecule is Cc1nc(-c2ccc3c(c2)CCN3C(=O)c2c(-n3cccc3)sc3c2CCSC3)cs1. The van der Waals surface area contributed by atoms with Crippen LogP contribution in [0.2, 0.25) is 0 Å². The molecule has 156 valence electrons. The van der Waals surface area contributed by atoms with Crippen LogP contribution in [0.15, 0.2) is 48.1 Å². The maximum atomic E-state index is 13.9. The summed E-state index contributed by atoms with van der Waals surface area (Å²) in [7, 11) is 0. The van der Waals surface area contributed by atoms with E-state index in [0.717, 1.165) is 63.4 Å². The predicted molar refractivity (Wildman–Crippen MR) is 131 cm³/mol. The summed E-state index contributed by atoms with van der Waals surface area (Å²) in [5.41, 5.74) is 6.61. The Morgan fingerprint density at radius 2 is 2.03 bits per heavy atom. The molecular weight excluding hydrogens is 442 g/mol. The number of thioether (sulfide) groups is 1. The highest BCUT2D eigenvalue weighted by Gasteiger charge is 2.33. The smallest absolute Gasteiger partial charge is 0.261 e. The van der Waals surface area contributed by atoms with Crippen molar-refractivity contribution in [3.8, 4) is 16.3 Å². The van der Waals surface area contributed by atoms with E-state index in [1.165, 1.54) is 16.0 Å². The third-order valence-electron chi connectivity index (χ3n) is 5.99. The zero-order valence-corrected chi connectivity index (χ0v) is 19.6. The molecule has 4 nitrogen and oxygen atoms in total. The van der Waals surface area contributed by atoms with Crippen LogP contribution in [0.4, 0.5) is 5.69 Å². The zero-order chi connectivity index (χ0) is 20.9. The fourth-order valence-corrected chi connectivity index (χ4v) is 7.55. The summed E-state index contributed by atoms with van der Waals surface area (Å²) in [5, 5.41) is 4.24. The second-order valence-electron chi connectivity index (χ2n) is 7.88. The van der Waals surface area contributed by atoms with Gasteiger partial charge in [-0.25, -0.2) is 4.98 Å². The Bertz CT molecular complexity index is 1290. The molecule has 1 aromatic carbocycles. The number of carbonyl (C=O) groups is 1. The molecule has 0 unspecified atom stereocenters. The highest BCUT2D eigenvalue weighted by Crippen LogP contribution is 2.41. The van der Waals surface area contributed by atoms with Crippen molar-refractivity contribution in [2.45, 2.75) is 25.5 Å². The lowest BCUT2D eigenvalue weighted by atomic mass is 10.0. The molecule has 0 radical (unpaired) electrons. The molecular formula is C24H21N3OS3. The maximum Gasteiger partial charge on any atom is 0.261 e. The fraction of sp³-hybridized carbons (Fsp3) is 0.250. The third kappa shape index (κ3) is 3.26. The van der Waals surface area contributed by atoms with E-state index in [9.17, 15) is 4.79 Å². The third-order valence-corrected chi connectivity index (χ3v) is 9.18. The molecule has 2 aliphatic heterocycles. The van der Waals surface area contributed by atoms with E-state index in [1.54, 1.807) is 22.7 Å². The second-order valence-corrected chi connectivity index (χ2v) is 11.1. The van der Waals surface area contributed by atoms with Crippen LogP contribution in [0.1, 0.15) is 31.4 Å². The largest absolute Gasteiger partial charge is 0.315 e. The average Bonchev–Trinajstić information content (AvgIpc) is 3.57. The van der Waals surface area contributed by atoms with Gasteiger partial charge in [-0.05, 0) is 60.9 Å². The van der Waals surface area contributed by atoms with Crippen LogP contribution in [0.25, 0.3) is 16.3 Å². The molecule has 1 amide bonds. The lowest BCUT2D eigenvalue weighted by Gasteiger charge is -2.20. The second kappa shape index (κ2) is 7.65. The first kappa shape index (κ1) is 19.3. The molecule has 4 aromatic rings. The van der Waals surface area contributed by atoms with Gasteiger partial charge in [0.05, 0.1) is 16.3 Å². The molecule has 7 heteroatoms. The fourth-order valence-electron chi connectivity index (χ4n) is 4.49. The average molecular weight is 464 g/mol. The first-order valence-corrected chi connectivity index (χ1v) is 13.3. The van der Waals surface area contributed by atoms with Crippen LogP contribution < -0.4 is 4.90 Å². The number of aryl methyl sites for hydroxylation is 1. The molecule has 0 aliphatic carbocycles. The van der Waals surface area contributed by atoms with Crippen molar-refractivity contribution in [1.29, 1.82) is 0 Å². The first-order chi connectivity index (χ1) is 15.2. The molecule has 0 saturated heterocycles. The van der Waals surface area contributed by atoms with Gasteiger partial charge in [-0.3, -0.25) is 4.79 Å². The minimum Gasteiger partial charge on any atom is -0.315 e. The quantitative estimate of drug-likeness (QED) is 0.376. The number of thiazole rings is 1. The van der Waals surface area contributed by atoms with Gasteiger partial charge in [0.2, 0.25) is 0 Å². The number of amides is 1. The predicted octanol–water partition coefficient (Wildman–Crippen LogP) is 5.96. The molecule has 6 rings (SSSR count). The van der Waals surface area contributed by atoms with Gasteiger partial charge in [0, 0.05) is 46.2 Å². The summed E-state index contributed by atoms with van der Waals surface area (Å²) in [6.45, 7) is 2.77. The summed E-state index contributed by atoms with van der Waals surface area (Å²) in [4.78, 5) is 21.9. The monoisotopic (exact) mass is 463 g/mol. The van der Waals surface area contributed by atoms with Crippen molar-refractivity contribution in [2.24, 2.45) is 0 Å². The minimum absolute atomic E-state index is 0.143. The Labute approximate surface area is 193 Å². The Kier molecular flexibility index (Phi) is 4.78. The van der Waals surface area contributed by atoms with Crippen LogP contribution in [0, 0.1) is 6.92 Å². The Hall–Kier alpha value is -2.35. The molecule has 31 heavy (non-hydrogen) atoms. The Morgan fingerprint density at radius 1 is 1.16 bits per heavy atom. The van der Waals surface area contributed by atoms with E-state index in [1.807, 2.05) is 48.1 Å². The van der Waals surface area contributed by atoms with E-state index >= 15 is 0 Å². The standard InChI is InChI=1S/C24H21N3OS3/c1-15-25-19(13-30-15)16-4-5-20-17(12-16)6-10-27(20)23(28)22-18-7-11-29-14-21(18)31-24(22)26-8-2-3-9-26/h2-5,8-9,12-13H,6-7,10-11,14H2,1H3. The van der Waals surface area contributed by atoms with Crippen molar-refractivity contribution in [3.05, 3.63) is 74.7 Å². The van der Waals surface area contributed by atoms with Gasteiger partial charge < -0.3 is 9.47 Å². The van der Waals surface area contributed by atoms with Gasteiger partial charge in [0.1, 0.15) is 5.00 Å². The van der Waals surface area contributed by atoms with E-state index in [0.29, 0.717) is 0 Å². The van der Waals surface area contributed by atoms with E-state index in [4.69, 9.17) is 0 Å². The van der Waals surface area contributed by atoms with E-state index in [2.05, 4.69) is 33.1 Å². The van der Waals surface area contributed by atoms with E-state index in [-0.39, 0.29) is 5.91 Å². The van der Waals surface area contributed by atoms with Crippen molar-refractivity contribution in [1.82, 2.24) is 9.55 Å². The molecule has 0 N–H and O–H groups in total. The number of benzene rings is 1. The van der Waals surface area contributed by atoms with Crippen molar-refractivity contribution >= 4 is 46.0 Å². The van der Waals surface area contributed by atoms with Gasteiger partial charge in [-0.15, -0.1) is 22.7 Å². The van der Waals surface area contributed by atoms with Crippen molar-refractivity contribution in [3.63, 3.8) is 0 Å². The first-order valence-electron chi connectivity index (χ1n) is 10.4. The van der Waals surface area contributed by atoms with Gasteiger partial charge in [-0.1, -0.05) is 6.07 Å². The number of anilines is 1. The number of fused-ring (bicyclic) bond motifs is 2. The number of thiophene rings is 1. The number of rotatable bonds is 3. The molecule has 2 aliphatic rings. The Morgan fingerprint density at radius 3 is 2.84 bits per heavy atom. The molecule has 0 saturated carbocycles. The minimum atomic E-state index is 0.143. The molecule has 0 atom stereocenters. The summed E-state index contributed by atoms with van der Waals surface area (Å²) in [6.07, 6.45) is 5.95. The van der Waals surface area contributed by atoms with Crippen LogP contribution in [0.5, 0.6) is 0 Å². The number of nitrogens with zero attached hydrogens (tertiary/aromatic N) is 3. The maximum absolute atomic E-state index is 13.9. The molecule has 0 spiro atoms.